The number of hydrogen-bond donors (Lipinski definition) is 0. The Morgan fingerprint density at radius 2 is 1.96 bits per heavy atom. The zero-order valence-corrected chi connectivity index (χ0v) is 14.0. The first kappa shape index (κ1) is 16.5. The SMILES string of the molecule is CC(OCC1CCCCO1)C(=O)N1CCC(n2cccc2)CC1. The summed E-state index contributed by atoms with van der Waals surface area (Å²) in [4.78, 5) is 14.5. The normalized spacial score (nSPS) is 24.6. The molecule has 5 nitrogen and oxygen atoms in total. The largest absolute Gasteiger partial charge is 0.376 e. The first-order valence-electron chi connectivity index (χ1n) is 8.88. The summed E-state index contributed by atoms with van der Waals surface area (Å²) in [6, 6.07) is 4.63. The molecule has 1 aromatic rings. The first-order chi connectivity index (χ1) is 11.2. The molecule has 2 fully saturated rings. The molecule has 2 aliphatic heterocycles. The van der Waals surface area contributed by atoms with Crippen LogP contribution >= 0.6 is 0 Å². The van der Waals surface area contributed by atoms with Gasteiger partial charge in [-0.2, -0.15) is 0 Å². The van der Waals surface area contributed by atoms with E-state index in [1.54, 1.807) is 0 Å². The molecule has 0 spiro atoms. The van der Waals surface area contributed by atoms with Gasteiger partial charge in [-0.3, -0.25) is 4.79 Å². The van der Waals surface area contributed by atoms with Crippen LogP contribution in [0.25, 0.3) is 0 Å². The van der Waals surface area contributed by atoms with E-state index in [0.29, 0.717) is 12.6 Å². The van der Waals surface area contributed by atoms with E-state index in [1.165, 1.54) is 6.42 Å². The smallest absolute Gasteiger partial charge is 0.251 e. The number of nitrogens with zero attached hydrogens (tertiary/aromatic N) is 2. The molecule has 128 valence electrons. The lowest BCUT2D eigenvalue weighted by molar-refractivity contribution is -0.147. The van der Waals surface area contributed by atoms with Gasteiger partial charge in [-0.05, 0) is 51.2 Å². The molecule has 1 amide bonds. The van der Waals surface area contributed by atoms with Crippen LogP contribution in [0.4, 0.5) is 0 Å². The van der Waals surface area contributed by atoms with Crippen LogP contribution < -0.4 is 0 Å². The number of piperidine rings is 1. The molecule has 0 saturated carbocycles. The maximum Gasteiger partial charge on any atom is 0.251 e. The van der Waals surface area contributed by atoms with Gasteiger partial charge in [0.15, 0.2) is 0 Å². The molecule has 2 aliphatic rings. The van der Waals surface area contributed by atoms with Gasteiger partial charge in [0.25, 0.3) is 5.91 Å². The molecule has 23 heavy (non-hydrogen) atoms. The number of hydrogen-bond acceptors (Lipinski definition) is 3. The van der Waals surface area contributed by atoms with Crippen LogP contribution in [0.3, 0.4) is 0 Å². The fourth-order valence-electron chi connectivity index (χ4n) is 3.49. The lowest BCUT2D eigenvalue weighted by Gasteiger charge is -2.34. The van der Waals surface area contributed by atoms with Crippen LogP contribution in [0.2, 0.25) is 0 Å². The van der Waals surface area contributed by atoms with Crippen molar-refractivity contribution in [3.8, 4) is 0 Å². The number of carbonyl (C=O) groups excluding carboxylic acids is 1. The fourth-order valence-corrected chi connectivity index (χ4v) is 3.49. The van der Waals surface area contributed by atoms with E-state index in [2.05, 4.69) is 29.1 Å². The van der Waals surface area contributed by atoms with E-state index in [1.807, 2.05) is 11.8 Å². The van der Waals surface area contributed by atoms with Crippen molar-refractivity contribution < 1.29 is 14.3 Å². The predicted octanol–water partition coefficient (Wildman–Crippen LogP) is 2.63. The number of likely N-dealkylation sites (tertiary alicyclic amines) is 1. The third kappa shape index (κ3) is 4.36. The number of rotatable bonds is 5. The Kier molecular flexibility index (Phi) is 5.73. The maximum atomic E-state index is 12.5. The number of aromatic nitrogens is 1. The molecule has 2 saturated heterocycles. The molecule has 0 radical (unpaired) electrons. The highest BCUT2D eigenvalue weighted by atomic mass is 16.5. The second-order valence-corrected chi connectivity index (χ2v) is 6.65. The van der Waals surface area contributed by atoms with Crippen molar-refractivity contribution >= 4 is 5.91 Å². The summed E-state index contributed by atoms with van der Waals surface area (Å²) in [6.07, 6.45) is 9.42. The molecule has 2 atom stereocenters. The molecular formula is C18H28N2O3. The van der Waals surface area contributed by atoms with Crippen molar-refractivity contribution in [1.82, 2.24) is 9.47 Å². The van der Waals surface area contributed by atoms with Crippen molar-refractivity contribution in [3.63, 3.8) is 0 Å². The van der Waals surface area contributed by atoms with E-state index >= 15 is 0 Å². The van der Waals surface area contributed by atoms with Crippen molar-refractivity contribution in [1.29, 1.82) is 0 Å². The minimum Gasteiger partial charge on any atom is -0.376 e. The van der Waals surface area contributed by atoms with Crippen molar-refractivity contribution in [2.45, 2.75) is 57.3 Å². The Balaban J connectivity index is 1.41. The summed E-state index contributed by atoms with van der Waals surface area (Å²) in [5, 5.41) is 0. The molecule has 5 heteroatoms. The molecule has 0 aliphatic carbocycles. The fraction of sp³-hybridized carbons (Fsp3) is 0.722. The third-order valence-electron chi connectivity index (χ3n) is 4.98. The second kappa shape index (κ2) is 7.97. The molecular weight excluding hydrogens is 292 g/mol. The van der Waals surface area contributed by atoms with Crippen molar-refractivity contribution in [3.05, 3.63) is 24.5 Å². The van der Waals surface area contributed by atoms with Crippen molar-refractivity contribution in [2.75, 3.05) is 26.3 Å². The van der Waals surface area contributed by atoms with Crippen LogP contribution in [0.15, 0.2) is 24.5 Å². The zero-order chi connectivity index (χ0) is 16.1. The molecule has 0 N–H and O–H groups in total. The summed E-state index contributed by atoms with van der Waals surface area (Å²) < 4.78 is 13.7. The average Bonchev–Trinajstić information content (AvgIpc) is 3.15. The highest BCUT2D eigenvalue weighted by Gasteiger charge is 2.27. The average molecular weight is 320 g/mol. The molecule has 2 unspecified atom stereocenters. The highest BCUT2D eigenvalue weighted by Crippen LogP contribution is 2.23. The lowest BCUT2D eigenvalue weighted by Crippen LogP contribution is -2.44. The van der Waals surface area contributed by atoms with Crippen LogP contribution in [0.5, 0.6) is 0 Å². The quantitative estimate of drug-likeness (QED) is 0.838. The Bertz CT molecular complexity index is 474. The van der Waals surface area contributed by atoms with Crippen molar-refractivity contribution in [2.24, 2.45) is 0 Å². The molecule has 0 bridgehead atoms. The Morgan fingerprint density at radius 1 is 1.22 bits per heavy atom. The Morgan fingerprint density at radius 3 is 2.61 bits per heavy atom. The van der Waals surface area contributed by atoms with E-state index in [9.17, 15) is 4.79 Å². The van der Waals surface area contributed by atoms with Crippen LogP contribution in [0.1, 0.15) is 45.1 Å². The Hall–Kier alpha value is -1.33. The first-order valence-corrected chi connectivity index (χ1v) is 8.88. The lowest BCUT2D eigenvalue weighted by atomic mass is 10.0. The van der Waals surface area contributed by atoms with Gasteiger partial charge in [0, 0.05) is 38.1 Å². The van der Waals surface area contributed by atoms with E-state index < -0.39 is 0 Å². The molecule has 3 rings (SSSR count). The van der Waals surface area contributed by atoms with Crippen LogP contribution in [0, 0.1) is 0 Å². The molecule has 3 heterocycles. The van der Waals surface area contributed by atoms with Gasteiger partial charge in [0.05, 0.1) is 12.7 Å². The van der Waals surface area contributed by atoms with E-state index in [-0.39, 0.29) is 18.1 Å². The summed E-state index contributed by atoms with van der Waals surface area (Å²) in [5.41, 5.74) is 0. The summed E-state index contributed by atoms with van der Waals surface area (Å²) >= 11 is 0. The standard InChI is InChI=1S/C18H28N2O3/c1-15(23-14-17-6-2-5-13-22-17)18(21)20-11-7-16(8-12-20)19-9-3-4-10-19/h3-4,9-10,15-17H,2,5-8,11-14H2,1H3. The summed E-state index contributed by atoms with van der Waals surface area (Å²) in [5.74, 6) is 0.117. The number of ether oxygens (including phenoxy) is 2. The van der Waals surface area contributed by atoms with Gasteiger partial charge in [-0.25, -0.2) is 0 Å². The van der Waals surface area contributed by atoms with Gasteiger partial charge in [0.1, 0.15) is 6.10 Å². The highest BCUT2D eigenvalue weighted by molar-refractivity contribution is 5.80. The van der Waals surface area contributed by atoms with Crippen LogP contribution in [-0.2, 0) is 14.3 Å². The summed E-state index contributed by atoms with van der Waals surface area (Å²) in [6.45, 7) is 4.85. The predicted molar refractivity (Wildman–Crippen MR) is 88.3 cm³/mol. The van der Waals surface area contributed by atoms with E-state index in [4.69, 9.17) is 9.47 Å². The summed E-state index contributed by atoms with van der Waals surface area (Å²) in [7, 11) is 0. The third-order valence-corrected chi connectivity index (χ3v) is 4.98. The Labute approximate surface area is 138 Å². The number of amides is 1. The van der Waals surface area contributed by atoms with Gasteiger partial charge in [0.2, 0.25) is 0 Å². The van der Waals surface area contributed by atoms with Gasteiger partial charge in [-0.15, -0.1) is 0 Å². The van der Waals surface area contributed by atoms with E-state index in [0.717, 1.165) is 45.4 Å². The minimum absolute atomic E-state index is 0.117. The monoisotopic (exact) mass is 320 g/mol. The minimum atomic E-state index is -0.372. The second-order valence-electron chi connectivity index (χ2n) is 6.65. The molecule has 0 aromatic carbocycles. The number of carbonyl (C=O) groups is 1. The maximum absolute atomic E-state index is 12.5. The van der Waals surface area contributed by atoms with Crippen LogP contribution in [-0.4, -0.2) is 53.9 Å². The van der Waals surface area contributed by atoms with Gasteiger partial charge in [-0.1, -0.05) is 0 Å². The topological polar surface area (TPSA) is 43.7 Å². The zero-order valence-electron chi connectivity index (χ0n) is 14.0. The molecule has 1 aromatic heterocycles. The van der Waals surface area contributed by atoms with Gasteiger partial charge < -0.3 is 18.9 Å². The van der Waals surface area contributed by atoms with Gasteiger partial charge >= 0.3 is 0 Å².